The first kappa shape index (κ1) is 16.5. The Labute approximate surface area is 148 Å². The van der Waals surface area contributed by atoms with Crippen molar-refractivity contribution in [3.63, 3.8) is 0 Å². The number of fused-ring (bicyclic) bond motifs is 1. The Balaban J connectivity index is 2.08. The van der Waals surface area contributed by atoms with Gasteiger partial charge >= 0.3 is 0 Å². The Bertz CT molecular complexity index is 924. The fourth-order valence-corrected chi connectivity index (χ4v) is 2.82. The number of anilines is 1. The van der Waals surface area contributed by atoms with Gasteiger partial charge in [0, 0.05) is 29.0 Å². The zero-order valence-corrected chi connectivity index (χ0v) is 14.4. The molecule has 0 atom stereocenters. The second-order valence-electron chi connectivity index (χ2n) is 5.10. The average Bonchev–Trinajstić information content (AvgIpc) is 2.57. The number of hydrogen-bond acceptors (Lipinski definition) is 4. The summed E-state index contributed by atoms with van der Waals surface area (Å²) in [6.45, 7) is 1.88. The molecule has 0 spiro atoms. The molecule has 0 bridgehead atoms. The fourth-order valence-electron chi connectivity index (χ4n) is 2.36. The normalized spacial score (nSPS) is 10.7. The van der Waals surface area contributed by atoms with Crippen LogP contribution >= 0.6 is 23.2 Å². The van der Waals surface area contributed by atoms with Crippen molar-refractivity contribution in [2.75, 3.05) is 12.4 Å². The third-order valence-corrected chi connectivity index (χ3v) is 4.09. The number of nitrogens with zero attached hydrogens (tertiary/aromatic N) is 2. The molecule has 0 unspecified atom stereocenters. The molecule has 3 rings (SSSR count). The lowest BCUT2D eigenvalue weighted by atomic mass is 10.1. The lowest BCUT2D eigenvalue weighted by Crippen LogP contribution is -2.13. The molecule has 122 valence electrons. The van der Waals surface area contributed by atoms with Crippen LogP contribution in [0.1, 0.15) is 16.1 Å². The van der Waals surface area contributed by atoms with Gasteiger partial charge in [-0.3, -0.25) is 9.78 Å². The summed E-state index contributed by atoms with van der Waals surface area (Å²) in [5.41, 5.74) is 2.22. The number of carbonyl (C=O) groups excluding carboxylic acids is 1. The Kier molecular flexibility index (Phi) is 4.55. The molecule has 1 aromatic carbocycles. The van der Waals surface area contributed by atoms with Crippen LogP contribution in [-0.4, -0.2) is 23.0 Å². The summed E-state index contributed by atoms with van der Waals surface area (Å²) >= 11 is 12.1. The number of aromatic nitrogens is 2. The van der Waals surface area contributed by atoms with Crippen LogP contribution in [0.5, 0.6) is 5.75 Å². The van der Waals surface area contributed by atoms with Crippen LogP contribution in [0.3, 0.4) is 0 Å². The summed E-state index contributed by atoms with van der Waals surface area (Å²) < 4.78 is 5.33. The number of nitrogens with one attached hydrogen (secondary N) is 1. The summed E-state index contributed by atoms with van der Waals surface area (Å²) in [7, 11) is 1.56. The van der Waals surface area contributed by atoms with E-state index in [1.54, 1.807) is 19.2 Å². The van der Waals surface area contributed by atoms with Crippen molar-refractivity contribution in [1.82, 2.24) is 9.97 Å². The fraction of sp³-hybridized carbons (Fsp3) is 0.118. The van der Waals surface area contributed by atoms with E-state index < -0.39 is 0 Å². The van der Waals surface area contributed by atoms with E-state index in [9.17, 15) is 4.79 Å². The summed E-state index contributed by atoms with van der Waals surface area (Å²) in [5.74, 6) is 0.258. The van der Waals surface area contributed by atoms with Crippen LogP contribution in [-0.2, 0) is 0 Å². The van der Waals surface area contributed by atoms with Crippen molar-refractivity contribution >= 4 is 45.7 Å². The molecular weight excluding hydrogens is 349 g/mol. The van der Waals surface area contributed by atoms with Crippen molar-refractivity contribution in [3.05, 3.63) is 58.0 Å². The molecular formula is C17H13Cl2N3O2. The molecule has 0 saturated heterocycles. The van der Waals surface area contributed by atoms with Gasteiger partial charge in [0.15, 0.2) is 0 Å². The van der Waals surface area contributed by atoms with E-state index in [0.717, 1.165) is 5.69 Å². The number of rotatable bonds is 3. The third kappa shape index (κ3) is 3.00. The van der Waals surface area contributed by atoms with E-state index in [1.807, 2.05) is 19.1 Å². The van der Waals surface area contributed by atoms with Crippen LogP contribution in [0.4, 0.5) is 5.69 Å². The van der Waals surface area contributed by atoms with E-state index in [0.29, 0.717) is 27.9 Å². The van der Waals surface area contributed by atoms with Gasteiger partial charge < -0.3 is 10.1 Å². The molecule has 3 aromatic rings. The largest absolute Gasteiger partial charge is 0.494 e. The van der Waals surface area contributed by atoms with Gasteiger partial charge in [-0.2, -0.15) is 0 Å². The Morgan fingerprint density at radius 3 is 2.50 bits per heavy atom. The monoisotopic (exact) mass is 361 g/mol. The second-order valence-corrected chi connectivity index (χ2v) is 5.91. The molecule has 0 aliphatic rings. The van der Waals surface area contributed by atoms with E-state index in [-0.39, 0.29) is 16.0 Å². The first-order valence-corrected chi connectivity index (χ1v) is 7.81. The molecule has 1 N–H and O–H groups in total. The quantitative estimate of drug-likeness (QED) is 0.745. The summed E-state index contributed by atoms with van der Waals surface area (Å²) in [5, 5.41) is 3.94. The van der Waals surface area contributed by atoms with Crippen LogP contribution < -0.4 is 10.1 Å². The minimum Gasteiger partial charge on any atom is -0.494 e. The molecule has 0 fully saturated rings. The van der Waals surface area contributed by atoms with Gasteiger partial charge in [0.05, 0.1) is 22.8 Å². The zero-order chi connectivity index (χ0) is 17.3. The Morgan fingerprint density at radius 1 is 1.12 bits per heavy atom. The van der Waals surface area contributed by atoms with Gasteiger partial charge in [0.2, 0.25) is 0 Å². The van der Waals surface area contributed by atoms with Gasteiger partial charge in [0.1, 0.15) is 11.3 Å². The summed E-state index contributed by atoms with van der Waals surface area (Å²) in [6, 6.07) is 7.06. The average molecular weight is 362 g/mol. The third-order valence-electron chi connectivity index (χ3n) is 3.52. The lowest BCUT2D eigenvalue weighted by molar-refractivity contribution is 0.102. The van der Waals surface area contributed by atoms with Crippen molar-refractivity contribution in [1.29, 1.82) is 0 Å². The van der Waals surface area contributed by atoms with Crippen molar-refractivity contribution < 1.29 is 9.53 Å². The lowest BCUT2D eigenvalue weighted by Gasteiger charge is -2.12. The highest BCUT2D eigenvalue weighted by molar-refractivity contribution is 6.39. The molecule has 0 radical (unpaired) electrons. The van der Waals surface area contributed by atoms with Gasteiger partial charge in [-0.1, -0.05) is 29.3 Å². The second kappa shape index (κ2) is 6.63. The summed E-state index contributed by atoms with van der Waals surface area (Å²) in [6.07, 6.45) is 2.83. The standard InChI is InChI=1S/C17H13Cl2N3O2/c1-9-3-4-10-11(5-6-14(24-2)15(10)21-9)17(23)22-16-12(18)7-20-8-13(16)19/h3-8H,1-2H3,(H,20,22,23). The highest BCUT2D eigenvalue weighted by Gasteiger charge is 2.16. The Morgan fingerprint density at radius 2 is 1.83 bits per heavy atom. The number of hydrogen-bond donors (Lipinski definition) is 1. The van der Waals surface area contributed by atoms with Gasteiger partial charge in [0.25, 0.3) is 5.91 Å². The minimum atomic E-state index is -0.344. The van der Waals surface area contributed by atoms with Crippen LogP contribution in [0.25, 0.3) is 10.9 Å². The van der Waals surface area contributed by atoms with Gasteiger partial charge in [-0.25, -0.2) is 4.98 Å². The molecule has 2 aromatic heterocycles. The van der Waals surface area contributed by atoms with E-state index in [4.69, 9.17) is 27.9 Å². The SMILES string of the molecule is COc1ccc(C(=O)Nc2c(Cl)cncc2Cl)c2ccc(C)nc12. The number of aryl methyl sites for hydroxylation is 1. The Hall–Kier alpha value is -2.37. The molecule has 0 aliphatic carbocycles. The van der Waals surface area contributed by atoms with E-state index in [1.165, 1.54) is 12.4 Å². The molecule has 7 heteroatoms. The van der Waals surface area contributed by atoms with Crippen LogP contribution in [0.15, 0.2) is 36.7 Å². The number of amides is 1. The maximum Gasteiger partial charge on any atom is 0.256 e. The van der Waals surface area contributed by atoms with E-state index in [2.05, 4.69) is 15.3 Å². The number of methoxy groups -OCH3 is 1. The van der Waals surface area contributed by atoms with Crippen molar-refractivity contribution in [3.8, 4) is 5.75 Å². The first-order chi connectivity index (χ1) is 11.5. The topological polar surface area (TPSA) is 64.1 Å². The number of halogens is 2. The number of benzene rings is 1. The molecule has 1 amide bonds. The highest BCUT2D eigenvalue weighted by Crippen LogP contribution is 2.31. The molecule has 0 saturated carbocycles. The maximum absolute atomic E-state index is 12.7. The molecule has 0 aliphatic heterocycles. The van der Waals surface area contributed by atoms with Crippen LogP contribution in [0, 0.1) is 6.92 Å². The van der Waals surface area contributed by atoms with E-state index >= 15 is 0 Å². The van der Waals surface area contributed by atoms with Gasteiger partial charge in [-0.15, -0.1) is 0 Å². The predicted molar refractivity (Wildman–Crippen MR) is 95.2 cm³/mol. The van der Waals surface area contributed by atoms with Crippen LogP contribution in [0.2, 0.25) is 10.0 Å². The maximum atomic E-state index is 12.7. The van der Waals surface area contributed by atoms with Crippen molar-refractivity contribution in [2.24, 2.45) is 0 Å². The van der Waals surface area contributed by atoms with Crippen molar-refractivity contribution in [2.45, 2.75) is 6.92 Å². The first-order valence-electron chi connectivity index (χ1n) is 7.06. The number of carbonyl (C=O) groups is 1. The smallest absolute Gasteiger partial charge is 0.256 e. The zero-order valence-electron chi connectivity index (χ0n) is 12.9. The summed E-state index contributed by atoms with van der Waals surface area (Å²) in [4.78, 5) is 21.0. The molecule has 5 nitrogen and oxygen atoms in total. The minimum absolute atomic E-state index is 0.266. The van der Waals surface area contributed by atoms with Gasteiger partial charge in [-0.05, 0) is 25.1 Å². The molecule has 24 heavy (non-hydrogen) atoms. The number of ether oxygens (including phenoxy) is 1. The number of pyridine rings is 2. The predicted octanol–water partition coefficient (Wildman–Crippen LogP) is 4.51. The highest BCUT2D eigenvalue weighted by atomic mass is 35.5. The molecule has 2 heterocycles.